The first-order valence-electron chi connectivity index (χ1n) is 9.04. The molecule has 1 aliphatic rings. The second-order valence-corrected chi connectivity index (χ2v) is 6.95. The van der Waals surface area contributed by atoms with Crippen LogP contribution in [0.3, 0.4) is 0 Å². The number of hydrogen-bond acceptors (Lipinski definition) is 5. The molecule has 1 unspecified atom stereocenters. The first-order chi connectivity index (χ1) is 12.0. The van der Waals surface area contributed by atoms with Crippen molar-refractivity contribution in [2.24, 2.45) is 0 Å². The number of nitrogens with zero attached hydrogens (tertiary/aromatic N) is 3. The molecule has 0 spiro atoms. The minimum Gasteiger partial charge on any atom is -0.466 e. The Morgan fingerprint density at radius 2 is 2.04 bits per heavy atom. The van der Waals surface area contributed by atoms with Crippen LogP contribution in [0, 0.1) is 13.8 Å². The monoisotopic (exact) mass is 345 g/mol. The molecule has 0 bridgehead atoms. The molecule has 6 nitrogen and oxygen atoms in total. The van der Waals surface area contributed by atoms with Crippen LogP contribution in [0.15, 0.2) is 27.1 Å². The normalized spacial score (nSPS) is 17.5. The minimum atomic E-state index is -0.0295. The lowest BCUT2D eigenvalue weighted by Crippen LogP contribution is -2.35. The smallest absolute Gasteiger partial charge is 0.276 e. The number of amides is 1. The van der Waals surface area contributed by atoms with Gasteiger partial charge in [0.15, 0.2) is 5.69 Å². The zero-order valence-electron chi connectivity index (χ0n) is 15.3. The van der Waals surface area contributed by atoms with Crippen molar-refractivity contribution >= 4 is 5.91 Å². The SMILES string of the molecule is Cc1cc(C(=O)N2CCCN(CCC(C)c3ccc(C)o3)CC2)no1. The van der Waals surface area contributed by atoms with E-state index in [4.69, 9.17) is 8.94 Å². The van der Waals surface area contributed by atoms with E-state index in [1.807, 2.05) is 17.9 Å². The molecular formula is C19H27N3O3. The van der Waals surface area contributed by atoms with E-state index in [9.17, 15) is 4.79 Å². The van der Waals surface area contributed by atoms with Crippen LogP contribution in [0.25, 0.3) is 0 Å². The van der Waals surface area contributed by atoms with Gasteiger partial charge in [-0.3, -0.25) is 4.79 Å². The standard InChI is InChI=1S/C19H27N3O3/c1-14(18-6-5-15(2)24-18)7-10-21-8-4-9-22(12-11-21)19(23)17-13-16(3)25-20-17/h5-6,13-14H,4,7-12H2,1-3H3. The fourth-order valence-corrected chi connectivity index (χ4v) is 3.26. The number of furan rings is 1. The summed E-state index contributed by atoms with van der Waals surface area (Å²) in [5.74, 6) is 3.08. The maximum atomic E-state index is 12.5. The van der Waals surface area contributed by atoms with Crippen molar-refractivity contribution < 1.29 is 13.7 Å². The van der Waals surface area contributed by atoms with Crippen molar-refractivity contribution in [3.05, 3.63) is 41.2 Å². The molecule has 2 aromatic rings. The van der Waals surface area contributed by atoms with Crippen LogP contribution in [0.4, 0.5) is 0 Å². The van der Waals surface area contributed by atoms with Gasteiger partial charge in [0.05, 0.1) is 0 Å². The highest BCUT2D eigenvalue weighted by Gasteiger charge is 2.23. The minimum absolute atomic E-state index is 0.0295. The molecule has 3 rings (SSSR count). The number of aromatic nitrogens is 1. The average Bonchev–Trinajstić information content (AvgIpc) is 3.14. The lowest BCUT2D eigenvalue weighted by molar-refractivity contribution is 0.0751. The van der Waals surface area contributed by atoms with Gasteiger partial charge in [0, 0.05) is 31.6 Å². The van der Waals surface area contributed by atoms with E-state index < -0.39 is 0 Å². The van der Waals surface area contributed by atoms with E-state index in [2.05, 4.69) is 23.0 Å². The van der Waals surface area contributed by atoms with Crippen LogP contribution in [-0.2, 0) is 0 Å². The predicted octanol–water partition coefficient (Wildman–Crippen LogP) is 3.23. The zero-order chi connectivity index (χ0) is 17.8. The summed E-state index contributed by atoms with van der Waals surface area (Å²) < 4.78 is 10.7. The van der Waals surface area contributed by atoms with Gasteiger partial charge in [-0.25, -0.2) is 0 Å². The molecule has 1 saturated heterocycles. The molecule has 136 valence electrons. The molecule has 1 atom stereocenters. The van der Waals surface area contributed by atoms with Crippen molar-refractivity contribution in [2.75, 3.05) is 32.7 Å². The van der Waals surface area contributed by atoms with Gasteiger partial charge in [0.1, 0.15) is 17.3 Å². The second kappa shape index (κ2) is 7.87. The Morgan fingerprint density at radius 3 is 2.72 bits per heavy atom. The fraction of sp³-hybridized carbons (Fsp3) is 0.579. The number of hydrogen-bond donors (Lipinski definition) is 0. The Balaban J connectivity index is 1.49. The summed E-state index contributed by atoms with van der Waals surface area (Å²) in [5, 5.41) is 3.85. The molecule has 0 N–H and O–H groups in total. The van der Waals surface area contributed by atoms with Crippen molar-refractivity contribution in [1.82, 2.24) is 15.0 Å². The molecule has 0 aromatic carbocycles. The van der Waals surface area contributed by atoms with Crippen LogP contribution in [0.1, 0.15) is 53.5 Å². The largest absolute Gasteiger partial charge is 0.466 e. The van der Waals surface area contributed by atoms with Gasteiger partial charge < -0.3 is 18.7 Å². The molecule has 0 aliphatic carbocycles. The molecule has 0 radical (unpaired) electrons. The van der Waals surface area contributed by atoms with E-state index in [1.54, 1.807) is 13.0 Å². The number of rotatable bonds is 5. The Hall–Kier alpha value is -2.08. The van der Waals surface area contributed by atoms with E-state index in [-0.39, 0.29) is 5.91 Å². The third-order valence-corrected chi connectivity index (χ3v) is 4.85. The zero-order valence-corrected chi connectivity index (χ0v) is 15.3. The number of carbonyl (C=O) groups excluding carboxylic acids is 1. The molecule has 1 fully saturated rings. The Kier molecular flexibility index (Phi) is 5.58. The summed E-state index contributed by atoms with van der Waals surface area (Å²) in [4.78, 5) is 16.8. The van der Waals surface area contributed by atoms with E-state index in [1.165, 1.54) is 0 Å². The van der Waals surface area contributed by atoms with Crippen LogP contribution >= 0.6 is 0 Å². The van der Waals surface area contributed by atoms with Crippen LogP contribution in [-0.4, -0.2) is 53.6 Å². The number of aryl methyl sites for hydroxylation is 2. The van der Waals surface area contributed by atoms with Crippen molar-refractivity contribution in [2.45, 2.75) is 39.5 Å². The summed E-state index contributed by atoms with van der Waals surface area (Å²) in [7, 11) is 0. The van der Waals surface area contributed by atoms with Gasteiger partial charge in [-0.1, -0.05) is 12.1 Å². The third kappa shape index (κ3) is 4.51. The number of carbonyl (C=O) groups is 1. The van der Waals surface area contributed by atoms with Crippen molar-refractivity contribution in [3.63, 3.8) is 0 Å². The Labute approximate surface area is 148 Å². The Bertz CT molecular complexity index is 706. The quantitative estimate of drug-likeness (QED) is 0.832. The van der Waals surface area contributed by atoms with E-state index >= 15 is 0 Å². The average molecular weight is 345 g/mol. The van der Waals surface area contributed by atoms with Crippen LogP contribution in [0.5, 0.6) is 0 Å². The highest BCUT2D eigenvalue weighted by atomic mass is 16.5. The maximum Gasteiger partial charge on any atom is 0.276 e. The topological polar surface area (TPSA) is 62.7 Å². The summed E-state index contributed by atoms with van der Waals surface area (Å²) in [6.45, 7) is 10.4. The first-order valence-corrected chi connectivity index (χ1v) is 9.04. The molecule has 0 saturated carbocycles. The molecule has 2 aromatic heterocycles. The van der Waals surface area contributed by atoms with Gasteiger partial charge in [0.25, 0.3) is 5.91 Å². The van der Waals surface area contributed by atoms with Gasteiger partial charge >= 0.3 is 0 Å². The van der Waals surface area contributed by atoms with Crippen LogP contribution in [0.2, 0.25) is 0 Å². The first kappa shape index (κ1) is 17.7. The molecular weight excluding hydrogens is 318 g/mol. The predicted molar refractivity (Wildman–Crippen MR) is 94.7 cm³/mol. The summed E-state index contributed by atoms with van der Waals surface area (Å²) in [5.41, 5.74) is 0.410. The lowest BCUT2D eigenvalue weighted by Gasteiger charge is -2.22. The Morgan fingerprint density at radius 1 is 1.20 bits per heavy atom. The highest BCUT2D eigenvalue weighted by molar-refractivity contribution is 5.92. The molecule has 25 heavy (non-hydrogen) atoms. The maximum absolute atomic E-state index is 12.5. The second-order valence-electron chi connectivity index (χ2n) is 6.95. The third-order valence-electron chi connectivity index (χ3n) is 4.85. The molecule has 1 amide bonds. The van der Waals surface area contributed by atoms with Gasteiger partial charge in [-0.2, -0.15) is 0 Å². The molecule has 1 aliphatic heterocycles. The lowest BCUT2D eigenvalue weighted by atomic mass is 10.0. The summed E-state index contributed by atoms with van der Waals surface area (Å²) in [6.07, 6.45) is 2.04. The van der Waals surface area contributed by atoms with E-state index in [0.29, 0.717) is 17.4 Å². The van der Waals surface area contributed by atoms with E-state index in [0.717, 1.165) is 57.1 Å². The van der Waals surface area contributed by atoms with Crippen molar-refractivity contribution in [3.8, 4) is 0 Å². The van der Waals surface area contributed by atoms with Gasteiger partial charge in [-0.15, -0.1) is 0 Å². The van der Waals surface area contributed by atoms with Gasteiger partial charge in [0.2, 0.25) is 0 Å². The van der Waals surface area contributed by atoms with Crippen LogP contribution < -0.4 is 0 Å². The van der Waals surface area contributed by atoms with Crippen molar-refractivity contribution in [1.29, 1.82) is 0 Å². The highest BCUT2D eigenvalue weighted by Crippen LogP contribution is 2.22. The molecule has 6 heteroatoms. The van der Waals surface area contributed by atoms with Gasteiger partial charge in [-0.05, 0) is 51.9 Å². The fourth-order valence-electron chi connectivity index (χ4n) is 3.26. The summed E-state index contributed by atoms with van der Waals surface area (Å²) in [6, 6.07) is 5.80. The molecule has 3 heterocycles. The summed E-state index contributed by atoms with van der Waals surface area (Å²) >= 11 is 0.